The Morgan fingerprint density at radius 3 is 2.74 bits per heavy atom. The minimum atomic E-state index is -0.345. The van der Waals surface area contributed by atoms with Crippen molar-refractivity contribution < 1.29 is 9.53 Å². The van der Waals surface area contributed by atoms with Crippen molar-refractivity contribution in [1.29, 1.82) is 0 Å². The van der Waals surface area contributed by atoms with Gasteiger partial charge in [0, 0.05) is 5.69 Å². The molecule has 0 aliphatic rings. The van der Waals surface area contributed by atoms with E-state index in [2.05, 4.69) is 9.97 Å². The third-order valence-electron chi connectivity index (χ3n) is 3.57. The van der Waals surface area contributed by atoms with Crippen LogP contribution in [0.1, 0.15) is 28.5 Å². The van der Waals surface area contributed by atoms with E-state index in [0.29, 0.717) is 29.7 Å². The van der Waals surface area contributed by atoms with Crippen LogP contribution in [0.4, 0.5) is 0 Å². The number of nitrogens with one attached hydrogen (secondary N) is 1. The number of hydrogen-bond donors (Lipinski definition) is 1. The monoisotopic (exact) mass is 311 g/mol. The number of ether oxygens (including phenoxy) is 1. The molecule has 118 valence electrons. The highest BCUT2D eigenvalue weighted by molar-refractivity contribution is 5.89. The summed E-state index contributed by atoms with van der Waals surface area (Å²) in [6.45, 7) is 4.40. The summed E-state index contributed by atoms with van der Waals surface area (Å²) < 4.78 is 6.50. The third-order valence-corrected chi connectivity index (χ3v) is 3.57. The molecule has 0 radical (unpaired) electrons. The Morgan fingerprint density at radius 2 is 2.04 bits per heavy atom. The summed E-state index contributed by atoms with van der Waals surface area (Å²) in [5, 5.41) is 0.577. The molecule has 0 saturated heterocycles. The zero-order valence-corrected chi connectivity index (χ0v) is 13.0. The molecule has 6 heteroatoms. The highest BCUT2D eigenvalue weighted by Gasteiger charge is 2.08. The SMILES string of the molecule is CCOC(=O)c1ccc(Cn2cnc3[nH]c(C)cc3c2=O)cc1. The molecule has 0 unspecified atom stereocenters. The van der Waals surface area contributed by atoms with Crippen molar-refractivity contribution in [2.45, 2.75) is 20.4 Å². The van der Waals surface area contributed by atoms with Gasteiger partial charge in [-0.15, -0.1) is 0 Å². The fourth-order valence-corrected chi connectivity index (χ4v) is 2.44. The van der Waals surface area contributed by atoms with E-state index >= 15 is 0 Å². The molecule has 2 heterocycles. The van der Waals surface area contributed by atoms with Crippen LogP contribution in [0.2, 0.25) is 0 Å². The lowest BCUT2D eigenvalue weighted by Gasteiger charge is -2.06. The number of esters is 1. The van der Waals surface area contributed by atoms with E-state index in [1.165, 1.54) is 6.33 Å². The summed E-state index contributed by atoms with van der Waals surface area (Å²) in [5.41, 5.74) is 2.82. The number of benzene rings is 1. The van der Waals surface area contributed by atoms with Gasteiger partial charge < -0.3 is 9.72 Å². The van der Waals surface area contributed by atoms with Crippen molar-refractivity contribution in [2.24, 2.45) is 0 Å². The van der Waals surface area contributed by atoms with Crippen LogP contribution in [0.25, 0.3) is 11.0 Å². The average Bonchev–Trinajstić information content (AvgIpc) is 2.92. The van der Waals surface area contributed by atoms with Crippen LogP contribution in [-0.2, 0) is 11.3 Å². The number of fused-ring (bicyclic) bond motifs is 1. The van der Waals surface area contributed by atoms with Crippen LogP contribution in [0.15, 0.2) is 41.5 Å². The number of carbonyl (C=O) groups excluding carboxylic acids is 1. The maximum atomic E-state index is 12.4. The summed E-state index contributed by atoms with van der Waals surface area (Å²) in [7, 11) is 0. The molecule has 2 aromatic heterocycles. The van der Waals surface area contributed by atoms with Gasteiger partial charge in [0.05, 0.1) is 24.1 Å². The molecule has 23 heavy (non-hydrogen) atoms. The number of aromatic amines is 1. The molecule has 3 aromatic rings. The molecule has 1 N–H and O–H groups in total. The normalized spacial score (nSPS) is 10.9. The van der Waals surface area contributed by atoms with E-state index in [9.17, 15) is 9.59 Å². The summed E-state index contributed by atoms with van der Waals surface area (Å²) >= 11 is 0. The van der Waals surface area contributed by atoms with Gasteiger partial charge >= 0.3 is 5.97 Å². The minimum absolute atomic E-state index is 0.0891. The molecule has 0 saturated carbocycles. The van der Waals surface area contributed by atoms with E-state index in [1.807, 2.05) is 19.1 Å². The Bertz CT molecular complexity index is 907. The van der Waals surface area contributed by atoms with Gasteiger partial charge in [-0.05, 0) is 37.6 Å². The van der Waals surface area contributed by atoms with Gasteiger partial charge in [-0.3, -0.25) is 9.36 Å². The molecule has 0 bridgehead atoms. The van der Waals surface area contributed by atoms with Crippen LogP contribution < -0.4 is 5.56 Å². The number of rotatable bonds is 4. The van der Waals surface area contributed by atoms with E-state index in [-0.39, 0.29) is 11.5 Å². The summed E-state index contributed by atoms with van der Waals surface area (Å²) in [6, 6.07) is 8.82. The smallest absolute Gasteiger partial charge is 0.338 e. The van der Waals surface area contributed by atoms with Crippen LogP contribution in [0.5, 0.6) is 0 Å². The molecule has 6 nitrogen and oxygen atoms in total. The van der Waals surface area contributed by atoms with Gasteiger partial charge in [-0.2, -0.15) is 0 Å². The van der Waals surface area contributed by atoms with Gasteiger partial charge in [0.2, 0.25) is 0 Å². The Labute approximate surface area is 132 Å². The number of nitrogens with zero attached hydrogens (tertiary/aromatic N) is 2. The first-order valence-corrected chi connectivity index (χ1v) is 7.39. The van der Waals surface area contributed by atoms with E-state index < -0.39 is 0 Å². The van der Waals surface area contributed by atoms with Gasteiger partial charge in [-0.25, -0.2) is 9.78 Å². The zero-order chi connectivity index (χ0) is 16.4. The van der Waals surface area contributed by atoms with E-state index in [0.717, 1.165) is 11.3 Å². The van der Waals surface area contributed by atoms with Gasteiger partial charge in [0.15, 0.2) is 0 Å². The number of aromatic nitrogens is 3. The Morgan fingerprint density at radius 1 is 1.30 bits per heavy atom. The highest BCUT2D eigenvalue weighted by Crippen LogP contribution is 2.10. The molecule has 3 rings (SSSR count). The van der Waals surface area contributed by atoms with E-state index in [4.69, 9.17) is 4.74 Å². The summed E-state index contributed by atoms with van der Waals surface area (Å²) in [5.74, 6) is -0.345. The highest BCUT2D eigenvalue weighted by atomic mass is 16.5. The number of H-pyrrole nitrogens is 1. The van der Waals surface area contributed by atoms with Gasteiger partial charge in [0.1, 0.15) is 12.0 Å². The van der Waals surface area contributed by atoms with Crippen LogP contribution in [-0.4, -0.2) is 27.1 Å². The van der Waals surface area contributed by atoms with Crippen molar-refractivity contribution in [3.63, 3.8) is 0 Å². The number of aryl methyl sites for hydroxylation is 1. The predicted octanol–water partition coefficient (Wildman–Crippen LogP) is 2.26. The summed E-state index contributed by atoms with van der Waals surface area (Å²) in [4.78, 5) is 31.4. The van der Waals surface area contributed by atoms with E-state index in [1.54, 1.807) is 29.7 Å². The largest absolute Gasteiger partial charge is 0.462 e. The van der Waals surface area contributed by atoms with Crippen LogP contribution >= 0.6 is 0 Å². The lowest BCUT2D eigenvalue weighted by Crippen LogP contribution is -2.20. The molecular weight excluding hydrogens is 294 g/mol. The fraction of sp³-hybridized carbons (Fsp3) is 0.235. The van der Waals surface area contributed by atoms with Crippen molar-refractivity contribution in [3.05, 3.63) is 63.8 Å². The molecule has 0 amide bonds. The Balaban J connectivity index is 1.86. The molecule has 0 spiro atoms. The molecule has 1 aromatic carbocycles. The predicted molar refractivity (Wildman–Crippen MR) is 86.6 cm³/mol. The van der Waals surface area contributed by atoms with Crippen molar-refractivity contribution in [3.8, 4) is 0 Å². The number of carbonyl (C=O) groups is 1. The quantitative estimate of drug-likeness (QED) is 0.750. The average molecular weight is 311 g/mol. The Kier molecular flexibility index (Phi) is 3.97. The second-order valence-corrected chi connectivity index (χ2v) is 5.31. The minimum Gasteiger partial charge on any atom is -0.462 e. The first-order chi connectivity index (χ1) is 11.1. The molecule has 0 aliphatic heterocycles. The molecule has 0 aliphatic carbocycles. The topological polar surface area (TPSA) is 77.0 Å². The van der Waals surface area contributed by atoms with Crippen LogP contribution in [0, 0.1) is 6.92 Å². The number of hydrogen-bond acceptors (Lipinski definition) is 4. The van der Waals surface area contributed by atoms with Crippen molar-refractivity contribution in [2.75, 3.05) is 6.61 Å². The van der Waals surface area contributed by atoms with Gasteiger partial charge in [0.25, 0.3) is 5.56 Å². The summed E-state index contributed by atoms with van der Waals surface area (Å²) in [6.07, 6.45) is 1.53. The standard InChI is InChI=1S/C17H17N3O3/c1-3-23-17(22)13-6-4-12(5-7-13)9-20-10-18-15-14(16(20)21)8-11(2)19-15/h4-8,10,19H,3,9H2,1-2H3. The van der Waals surface area contributed by atoms with Crippen LogP contribution in [0.3, 0.4) is 0 Å². The second-order valence-electron chi connectivity index (χ2n) is 5.31. The van der Waals surface area contributed by atoms with Crippen molar-refractivity contribution in [1.82, 2.24) is 14.5 Å². The first kappa shape index (κ1) is 15.0. The first-order valence-electron chi connectivity index (χ1n) is 7.39. The fourth-order valence-electron chi connectivity index (χ4n) is 2.44. The van der Waals surface area contributed by atoms with Gasteiger partial charge in [-0.1, -0.05) is 12.1 Å². The molecular formula is C17H17N3O3. The maximum Gasteiger partial charge on any atom is 0.338 e. The lowest BCUT2D eigenvalue weighted by atomic mass is 10.1. The third kappa shape index (κ3) is 3.01. The maximum absolute atomic E-state index is 12.4. The molecule has 0 fully saturated rings. The zero-order valence-electron chi connectivity index (χ0n) is 13.0. The lowest BCUT2D eigenvalue weighted by molar-refractivity contribution is 0.0526. The van der Waals surface area contributed by atoms with Crippen molar-refractivity contribution >= 4 is 17.0 Å². The second kappa shape index (κ2) is 6.08. The molecule has 0 atom stereocenters. The Hall–Kier alpha value is -2.89.